The summed E-state index contributed by atoms with van der Waals surface area (Å²) in [6.07, 6.45) is 0. The van der Waals surface area contributed by atoms with E-state index in [1.54, 1.807) is 0 Å². The second-order valence-electron chi connectivity index (χ2n) is 2.85. The molecule has 0 atom stereocenters. The van der Waals surface area contributed by atoms with E-state index in [1.165, 1.54) is 16.3 Å². The highest BCUT2D eigenvalue weighted by Gasteiger charge is 1.89. The van der Waals surface area contributed by atoms with Crippen molar-refractivity contribution >= 4 is 10.8 Å². The molecule has 0 fully saturated rings. The van der Waals surface area contributed by atoms with E-state index in [0.29, 0.717) is 0 Å². The first-order valence-electron chi connectivity index (χ1n) is 3.82. The van der Waals surface area contributed by atoms with Gasteiger partial charge < -0.3 is 0 Å². The van der Waals surface area contributed by atoms with E-state index in [0.717, 1.165) is 0 Å². The first-order valence-corrected chi connectivity index (χ1v) is 3.82. The van der Waals surface area contributed by atoms with Crippen LogP contribution in [0.4, 0.5) is 0 Å². The van der Waals surface area contributed by atoms with Crippen LogP contribution in [0.1, 0.15) is 5.56 Å². The van der Waals surface area contributed by atoms with Gasteiger partial charge in [0, 0.05) is 0 Å². The molecular formula is C11H10. The Morgan fingerprint density at radius 1 is 1.18 bits per heavy atom. The number of hydrogen-bond donors (Lipinski definition) is 0. The van der Waals surface area contributed by atoms with Crippen molar-refractivity contribution in [3.05, 3.63) is 48.0 Å². The maximum atomic E-state index is 2.20. The molecule has 0 heterocycles. The Labute approximate surface area is 66.5 Å². The highest BCUT2D eigenvalue weighted by molar-refractivity contribution is 5.82. The van der Waals surface area contributed by atoms with E-state index < -0.39 is 0 Å². The third-order valence-corrected chi connectivity index (χ3v) is 1.90. The topological polar surface area (TPSA) is 0 Å². The molecule has 0 saturated heterocycles. The summed E-state index contributed by atoms with van der Waals surface area (Å²) in [4.78, 5) is 0. The number of benzene rings is 2. The Morgan fingerprint density at radius 3 is 3.00 bits per heavy atom. The summed E-state index contributed by atoms with van der Waals surface area (Å²) in [5, 5.41) is 2.64. The van der Waals surface area contributed by atoms with E-state index in [2.05, 4.69) is 49.4 Å². The molecule has 0 nitrogen and oxygen atoms in total. The van der Waals surface area contributed by atoms with E-state index >= 15 is 0 Å². The zero-order valence-corrected chi connectivity index (χ0v) is 6.54. The van der Waals surface area contributed by atoms with Crippen molar-refractivity contribution in [2.24, 2.45) is 0 Å². The molecule has 0 heteroatoms. The van der Waals surface area contributed by atoms with Gasteiger partial charge in [0.1, 0.15) is 0 Å². The lowest BCUT2D eigenvalue weighted by Crippen LogP contribution is -1.73. The summed E-state index contributed by atoms with van der Waals surface area (Å²) < 4.78 is 0. The van der Waals surface area contributed by atoms with Crippen LogP contribution in [-0.2, 0) is 0 Å². The summed E-state index contributed by atoms with van der Waals surface area (Å²) >= 11 is 0. The molecule has 0 spiro atoms. The van der Waals surface area contributed by atoms with Gasteiger partial charge in [-0.15, -0.1) is 0 Å². The van der Waals surface area contributed by atoms with Crippen LogP contribution in [-0.4, -0.2) is 0 Å². The van der Waals surface area contributed by atoms with Gasteiger partial charge in [0.2, 0.25) is 0 Å². The Morgan fingerprint density at radius 2 is 2.09 bits per heavy atom. The van der Waals surface area contributed by atoms with Crippen molar-refractivity contribution in [2.75, 3.05) is 0 Å². The van der Waals surface area contributed by atoms with Crippen LogP contribution in [0, 0.1) is 6.92 Å². The van der Waals surface area contributed by atoms with Gasteiger partial charge in [-0.3, -0.25) is 0 Å². The Balaban J connectivity index is 2.83. The lowest BCUT2D eigenvalue weighted by Gasteiger charge is -1.96. The number of aryl methyl sites for hydroxylation is 1. The van der Waals surface area contributed by atoms with Gasteiger partial charge in [0.15, 0.2) is 0 Å². The van der Waals surface area contributed by atoms with E-state index in [-0.39, 0.29) is 0 Å². The quantitative estimate of drug-likeness (QED) is 0.532. The fourth-order valence-corrected chi connectivity index (χ4v) is 1.31. The lowest BCUT2D eigenvalue weighted by atomic mass is 10.1. The maximum Gasteiger partial charge on any atom is -0.0181 e. The zero-order chi connectivity index (χ0) is 7.68. The van der Waals surface area contributed by atoms with Crippen molar-refractivity contribution in [1.29, 1.82) is 0 Å². The number of rotatable bonds is 0. The van der Waals surface area contributed by atoms with Crippen molar-refractivity contribution in [3.63, 3.8) is 0 Å². The molecule has 0 aliphatic carbocycles. The molecule has 0 saturated carbocycles. The average Bonchev–Trinajstić information content (AvgIpc) is 2.04. The van der Waals surface area contributed by atoms with Crippen LogP contribution in [0.25, 0.3) is 10.8 Å². The molecule has 54 valence electrons. The van der Waals surface area contributed by atoms with Gasteiger partial charge in [-0.2, -0.15) is 0 Å². The second-order valence-corrected chi connectivity index (χ2v) is 2.85. The van der Waals surface area contributed by atoms with Gasteiger partial charge in [-0.05, 0) is 17.7 Å². The van der Waals surface area contributed by atoms with Gasteiger partial charge in [0.05, 0.1) is 0 Å². The van der Waals surface area contributed by atoms with Crippen molar-refractivity contribution in [3.8, 4) is 0 Å². The summed E-state index contributed by atoms with van der Waals surface area (Å²) in [6.45, 7) is 2.12. The maximum absolute atomic E-state index is 2.20. The first kappa shape index (κ1) is 6.41. The minimum atomic E-state index is 1.32. The molecule has 0 bridgehead atoms. The predicted octanol–water partition coefficient (Wildman–Crippen LogP) is 3.15. The second kappa shape index (κ2) is 2.39. The largest absolute Gasteiger partial charge is 0.0616 e. The van der Waals surface area contributed by atoms with Crippen LogP contribution < -0.4 is 0 Å². The molecule has 2 aromatic rings. The molecule has 11 heavy (non-hydrogen) atoms. The minimum Gasteiger partial charge on any atom is -0.0616 e. The molecule has 0 amide bonds. The number of hydrogen-bond acceptors (Lipinski definition) is 0. The SMILES string of the molecule is Cc1ccc2ccc[14cH]c2c1. The highest BCUT2D eigenvalue weighted by Crippen LogP contribution is 2.14. The zero-order valence-electron chi connectivity index (χ0n) is 6.54. The van der Waals surface area contributed by atoms with E-state index in [4.69, 9.17) is 0 Å². The molecule has 0 radical (unpaired) electrons. The average molecular weight is 144 g/mol. The van der Waals surface area contributed by atoms with Gasteiger partial charge in [-0.25, -0.2) is 0 Å². The summed E-state index contributed by atoms with van der Waals surface area (Å²) in [6, 6.07) is 14.9. The normalized spacial score (nSPS) is 10.3. The Hall–Kier alpha value is -1.30. The molecule has 0 aliphatic heterocycles. The Bertz CT molecular complexity index is 374. The van der Waals surface area contributed by atoms with Crippen molar-refractivity contribution < 1.29 is 0 Å². The fourth-order valence-electron chi connectivity index (χ4n) is 1.31. The Kier molecular flexibility index (Phi) is 1.39. The molecule has 0 aromatic heterocycles. The van der Waals surface area contributed by atoms with Crippen LogP contribution in [0.5, 0.6) is 0 Å². The van der Waals surface area contributed by atoms with Gasteiger partial charge >= 0.3 is 0 Å². The fraction of sp³-hybridized carbons (Fsp3) is 0.0909. The lowest BCUT2D eigenvalue weighted by molar-refractivity contribution is 1.51. The minimum absolute atomic E-state index is 1.32. The van der Waals surface area contributed by atoms with E-state index in [9.17, 15) is 0 Å². The summed E-state index contributed by atoms with van der Waals surface area (Å²) in [7, 11) is 0. The third-order valence-electron chi connectivity index (χ3n) is 1.90. The standard InChI is InChI=1S/C11H10/c1-9-6-7-10-4-2-3-5-11(10)8-9/h2-8H,1H3/i5+2. The van der Waals surface area contributed by atoms with Crippen LogP contribution >= 0.6 is 0 Å². The molecular weight excluding hydrogens is 134 g/mol. The molecule has 0 aliphatic rings. The third kappa shape index (κ3) is 1.12. The highest BCUT2D eigenvalue weighted by atomic mass is 14.6. The predicted molar refractivity (Wildman–Crippen MR) is 48.7 cm³/mol. The van der Waals surface area contributed by atoms with E-state index in [1.807, 2.05) is 0 Å². The smallest absolute Gasteiger partial charge is 0.0181 e. The van der Waals surface area contributed by atoms with Crippen molar-refractivity contribution in [2.45, 2.75) is 6.92 Å². The van der Waals surface area contributed by atoms with Gasteiger partial charge in [0.25, 0.3) is 0 Å². The molecule has 0 N–H and O–H groups in total. The monoisotopic (exact) mass is 144 g/mol. The summed E-state index contributed by atoms with van der Waals surface area (Å²) in [5.74, 6) is 0. The molecule has 0 unspecified atom stereocenters. The van der Waals surface area contributed by atoms with Crippen LogP contribution in [0.3, 0.4) is 0 Å². The molecule has 2 aromatic carbocycles. The number of fused-ring (bicyclic) bond motifs is 1. The van der Waals surface area contributed by atoms with Crippen LogP contribution in [0.15, 0.2) is 42.5 Å². The van der Waals surface area contributed by atoms with Crippen LogP contribution in [0.2, 0.25) is 0 Å². The van der Waals surface area contributed by atoms with Crippen molar-refractivity contribution in [1.82, 2.24) is 0 Å². The molecule has 2 rings (SSSR count). The van der Waals surface area contributed by atoms with Gasteiger partial charge in [-0.1, -0.05) is 48.0 Å². The summed E-state index contributed by atoms with van der Waals surface area (Å²) in [5.41, 5.74) is 1.32. The first-order chi connectivity index (χ1) is 5.36.